The van der Waals surface area contributed by atoms with E-state index in [1.165, 1.54) is 0 Å². The van der Waals surface area contributed by atoms with Gasteiger partial charge < -0.3 is 14.8 Å². The monoisotopic (exact) mass is 327 g/mol. The topological polar surface area (TPSA) is 47.6 Å². The Morgan fingerprint density at radius 2 is 1.88 bits per heavy atom. The average molecular weight is 327 g/mol. The van der Waals surface area contributed by atoms with Crippen LogP contribution in [0, 0.1) is 13.8 Å². The first-order valence-corrected chi connectivity index (χ1v) is 8.17. The minimum Gasteiger partial charge on any atom is -0.491 e. The number of ether oxygens (including phenoxy) is 2. The predicted molar refractivity (Wildman–Crippen MR) is 95.5 cm³/mol. The molecule has 1 N–H and O–H groups in total. The molecule has 0 radical (unpaired) electrons. The fraction of sp³-hybridized carbons (Fsp3) is 0.350. The highest BCUT2D eigenvalue weighted by atomic mass is 16.5. The lowest BCUT2D eigenvalue weighted by Crippen LogP contribution is -2.28. The first kappa shape index (κ1) is 17.9. The number of nitrogens with one attached hydrogen (secondary N) is 1. The molecule has 0 spiro atoms. The highest BCUT2D eigenvalue weighted by Gasteiger charge is 2.06. The number of carbonyl (C=O) groups excluding carboxylic acids is 1. The molecule has 24 heavy (non-hydrogen) atoms. The number of benzene rings is 2. The molecule has 0 aliphatic carbocycles. The van der Waals surface area contributed by atoms with Gasteiger partial charge >= 0.3 is 0 Å². The molecule has 128 valence electrons. The molecule has 0 atom stereocenters. The van der Waals surface area contributed by atoms with E-state index >= 15 is 0 Å². The van der Waals surface area contributed by atoms with E-state index in [0.29, 0.717) is 6.54 Å². The third-order valence-electron chi connectivity index (χ3n) is 3.67. The van der Waals surface area contributed by atoms with Gasteiger partial charge in [-0.15, -0.1) is 0 Å². The van der Waals surface area contributed by atoms with Gasteiger partial charge in [0.1, 0.15) is 11.5 Å². The molecular weight excluding hydrogens is 302 g/mol. The second-order valence-electron chi connectivity index (χ2n) is 6.08. The summed E-state index contributed by atoms with van der Waals surface area (Å²) in [5.41, 5.74) is 3.20. The molecule has 0 heterocycles. The van der Waals surface area contributed by atoms with Crippen molar-refractivity contribution in [3.05, 3.63) is 59.2 Å². The van der Waals surface area contributed by atoms with Gasteiger partial charge in [-0.1, -0.05) is 24.3 Å². The molecule has 2 aromatic carbocycles. The van der Waals surface area contributed by atoms with Crippen molar-refractivity contribution in [3.8, 4) is 11.5 Å². The van der Waals surface area contributed by atoms with Crippen LogP contribution in [0.25, 0.3) is 0 Å². The molecule has 0 saturated heterocycles. The van der Waals surface area contributed by atoms with Crippen molar-refractivity contribution < 1.29 is 14.3 Å². The minimum atomic E-state index is -0.147. The van der Waals surface area contributed by atoms with Crippen molar-refractivity contribution in [1.29, 1.82) is 0 Å². The van der Waals surface area contributed by atoms with Crippen molar-refractivity contribution in [3.63, 3.8) is 0 Å². The Kier molecular flexibility index (Phi) is 6.24. The highest BCUT2D eigenvalue weighted by molar-refractivity contribution is 5.77. The lowest BCUT2D eigenvalue weighted by atomic mass is 10.1. The van der Waals surface area contributed by atoms with E-state index in [0.717, 1.165) is 28.2 Å². The second kappa shape index (κ2) is 8.39. The summed E-state index contributed by atoms with van der Waals surface area (Å²) in [4.78, 5) is 12.0. The van der Waals surface area contributed by atoms with Crippen LogP contribution in [0.2, 0.25) is 0 Å². The summed E-state index contributed by atoms with van der Waals surface area (Å²) in [7, 11) is 0. The van der Waals surface area contributed by atoms with Crippen molar-refractivity contribution in [2.24, 2.45) is 0 Å². The Balaban J connectivity index is 1.84. The van der Waals surface area contributed by atoms with E-state index in [1.54, 1.807) is 0 Å². The van der Waals surface area contributed by atoms with Gasteiger partial charge in [0.15, 0.2) is 6.61 Å². The van der Waals surface area contributed by atoms with Crippen LogP contribution >= 0.6 is 0 Å². The van der Waals surface area contributed by atoms with Crippen molar-refractivity contribution in [2.75, 3.05) is 6.61 Å². The molecule has 0 aliphatic heterocycles. The van der Waals surface area contributed by atoms with Crippen LogP contribution in [0.3, 0.4) is 0 Å². The number of carbonyl (C=O) groups is 1. The zero-order chi connectivity index (χ0) is 17.5. The minimum absolute atomic E-state index is 0.00643. The molecule has 1 amide bonds. The molecule has 4 nitrogen and oxygen atoms in total. The van der Waals surface area contributed by atoms with Gasteiger partial charge in [0, 0.05) is 6.54 Å². The summed E-state index contributed by atoms with van der Waals surface area (Å²) in [6.07, 6.45) is 0.126. The van der Waals surface area contributed by atoms with E-state index < -0.39 is 0 Å². The molecule has 0 bridgehead atoms. The molecule has 4 heteroatoms. The van der Waals surface area contributed by atoms with E-state index in [2.05, 4.69) is 5.32 Å². The Bertz CT molecular complexity index is 695. The van der Waals surface area contributed by atoms with Gasteiger partial charge in [0.2, 0.25) is 0 Å². The zero-order valence-corrected chi connectivity index (χ0v) is 14.8. The van der Waals surface area contributed by atoms with E-state index in [1.807, 2.05) is 70.2 Å². The summed E-state index contributed by atoms with van der Waals surface area (Å²) in [5.74, 6) is 1.41. The number of hydrogen-bond acceptors (Lipinski definition) is 3. The van der Waals surface area contributed by atoms with Crippen LogP contribution < -0.4 is 14.8 Å². The number of amides is 1. The maximum Gasteiger partial charge on any atom is 0.258 e. The third kappa shape index (κ3) is 5.30. The largest absolute Gasteiger partial charge is 0.491 e. The summed E-state index contributed by atoms with van der Waals surface area (Å²) in [6, 6.07) is 13.6. The summed E-state index contributed by atoms with van der Waals surface area (Å²) in [5, 5.41) is 2.86. The van der Waals surface area contributed by atoms with Gasteiger partial charge in [-0.2, -0.15) is 0 Å². The van der Waals surface area contributed by atoms with Crippen LogP contribution in [0.1, 0.15) is 30.5 Å². The van der Waals surface area contributed by atoms with Crippen LogP contribution in [0.15, 0.2) is 42.5 Å². The van der Waals surface area contributed by atoms with Crippen LogP contribution in [-0.4, -0.2) is 18.6 Å². The summed E-state index contributed by atoms with van der Waals surface area (Å²) < 4.78 is 11.3. The zero-order valence-electron chi connectivity index (χ0n) is 14.8. The second-order valence-corrected chi connectivity index (χ2v) is 6.08. The number of hydrogen-bond donors (Lipinski definition) is 1. The normalized spacial score (nSPS) is 10.5. The summed E-state index contributed by atoms with van der Waals surface area (Å²) in [6.45, 7) is 8.44. The molecule has 0 aromatic heterocycles. The predicted octanol–water partition coefficient (Wildman–Crippen LogP) is 3.79. The Labute approximate surface area is 143 Å². The fourth-order valence-corrected chi connectivity index (χ4v) is 2.28. The molecule has 0 fully saturated rings. The molecule has 2 aromatic rings. The first-order chi connectivity index (χ1) is 11.5. The van der Waals surface area contributed by atoms with Crippen molar-refractivity contribution in [2.45, 2.75) is 40.3 Å². The molecule has 0 aliphatic rings. The Morgan fingerprint density at radius 3 is 2.62 bits per heavy atom. The first-order valence-electron chi connectivity index (χ1n) is 8.17. The molecule has 0 unspecified atom stereocenters. The van der Waals surface area contributed by atoms with Gasteiger partial charge in [-0.25, -0.2) is 0 Å². The maximum atomic E-state index is 12.0. The van der Waals surface area contributed by atoms with Gasteiger partial charge in [-0.3, -0.25) is 4.79 Å². The Hall–Kier alpha value is -2.49. The van der Waals surface area contributed by atoms with Crippen molar-refractivity contribution in [1.82, 2.24) is 5.32 Å². The van der Waals surface area contributed by atoms with Crippen LogP contribution in [0.4, 0.5) is 0 Å². The molecule has 2 rings (SSSR count). The van der Waals surface area contributed by atoms with Gasteiger partial charge in [0.05, 0.1) is 6.10 Å². The summed E-state index contributed by atoms with van der Waals surface area (Å²) >= 11 is 0. The van der Waals surface area contributed by atoms with Crippen LogP contribution in [0.5, 0.6) is 11.5 Å². The van der Waals surface area contributed by atoms with Crippen LogP contribution in [-0.2, 0) is 11.3 Å². The lowest BCUT2D eigenvalue weighted by Gasteiger charge is -2.12. The third-order valence-corrected chi connectivity index (χ3v) is 3.67. The van der Waals surface area contributed by atoms with E-state index in [-0.39, 0.29) is 18.6 Å². The fourth-order valence-electron chi connectivity index (χ4n) is 2.28. The highest BCUT2D eigenvalue weighted by Crippen LogP contribution is 2.20. The Morgan fingerprint density at radius 1 is 1.12 bits per heavy atom. The van der Waals surface area contributed by atoms with Crippen molar-refractivity contribution >= 4 is 5.91 Å². The smallest absolute Gasteiger partial charge is 0.258 e. The number of rotatable bonds is 7. The maximum absolute atomic E-state index is 12.0. The van der Waals surface area contributed by atoms with Gasteiger partial charge in [0.25, 0.3) is 5.91 Å². The standard InChI is InChI=1S/C20H25NO3/c1-14(2)24-18-9-6-8-17(11-18)12-21-20(22)13-23-19-10-5-7-15(3)16(19)4/h5-11,14H,12-13H2,1-4H3,(H,21,22). The van der Waals surface area contributed by atoms with Gasteiger partial charge in [-0.05, 0) is 62.6 Å². The molecular formula is C20H25NO3. The average Bonchev–Trinajstić information content (AvgIpc) is 2.54. The number of aryl methyl sites for hydroxylation is 1. The quantitative estimate of drug-likeness (QED) is 0.842. The van der Waals surface area contributed by atoms with E-state index in [9.17, 15) is 4.79 Å². The lowest BCUT2D eigenvalue weighted by molar-refractivity contribution is -0.123. The SMILES string of the molecule is Cc1cccc(OCC(=O)NCc2cccc(OC(C)C)c2)c1C. The molecule has 0 saturated carbocycles. The van der Waals surface area contributed by atoms with E-state index in [4.69, 9.17) is 9.47 Å².